The number of carbonyl (C=O) groups is 1. The van der Waals surface area contributed by atoms with Crippen molar-refractivity contribution in [2.75, 3.05) is 6.54 Å². The second kappa shape index (κ2) is 6.83. The molecule has 0 aliphatic carbocycles. The largest absolute Gasteiger partial charge is 0.391 e. The Morgan fingerprint density at radius 3 is 2.77 bits per heavy atom. The van der Waals surface area contributed by atoms with E-state index in [1.165, 1.54) is 12.1 Å². The van der Waals surface area contributed by atoms with E-state index in [0.717, 1.165) is 0 Å². The van der Waals surface area contributed by atoms with Gasteiger partial charge in [-0.05, 0) is 37.5 Å². The summed E-state index contributed by atoms with van der Waals surface area (Å²) in [6.45, 7) is 5.95. The van der Waals surface area contributed by atoms with Gasteiger partial charge in [0.1, 0.15) is 5.82 Å². The van der Waals surface area contributed by atoms with Crippen LogP contribution < -0.4 is 5.32 Å². The van der Waals surface area contributed by atoms with E-state index in [1.807, 2.05) is 13.8 Å². The minimum Gasteiger partial charge on any atom is -0.391 e. The monoisotopic (exact) mass is 304 g/mol. The van der Waals surface area contributed by atoms with Gasteiger partial charge < -0.3 is 10.4 Å². The number of halogens is 1. The maximum atomic E-state index is 13.2. The smallest absolute Gasteiger partial charge is 0.253 e. The van der Waals surface area contributed by atoms with Gasteiger partial charge in [-0.25, -0.2) is 4.39 Å². The molecule has 1 aromatic carbocycles. The van der Waals surface area contributed by atoms with Crippen LogP contribution in [-0.2, 0) is 0 Å². The molecule has 0 saturated heterocycles. The van der Waals surface area contributed by atoms with E-state index in [9.17, 15) is 14.3 Å². The van der Waals surface area contributed by atoms with Crippen LogP contribution in [0.1, 0.15) is 36.3 Å². The van der Waals surface area contributed by atoms with Crippen LogP contribution >= 0.6 is 0 Å². The molecule has 0 aliphatic heterocycles. The van der Waals surface area contributed by atoms with Gasteiger partial charge in [0, 0.05) is 18.0 Å². The lowest BCUT2D eigenvalue weighted by Crippen LogP contribution is -2.33. The van der Waals surface area contributed by atoms with Crippen molar-refractivity contribution in [3.8, 4) is 0 Å². The van der Waals surface area contributed by atoms with Crippen molar-refractivity contribution in [3.63, 3.8) is 0 Å². The molecule has 118 valence electrons. The molecular weight excluding hydrogens is 283 g/mol. The maximum absolute atomic E-state index is 13.2. The number of amides is 1. The lowest BCUT2D eigenvalue weighted by molar-refractivity contribution is 0.0899. The summed E-state index contributed by atoms with van der Waals surface area (Å²) in [5, 5.41) is 13.2. The third-order valence-electron chi connectivity index (χ3n) is 3.46. The van der Waals surface area contributed by atoms with E-state index in [4.69, 9.17) is 0 Å². The van der Waals surface area contributed by atoms with Crippen LogP contribution in [0.25, 0.3) is 10.9 Å². The summed E-state index contributed by atoms with van der Waals surface area (Å²) >= 11 is 0. The van der Waals surface area contributed by atoms with Crippen LogP contribution in [0.15, 0.2) is 24.3 Å². The molecule has 0 bridgehead atoms. The van der Waals surface area contributed by atoms with Crippen LogP contribution in [0, 0.1) is 18.7 Å². The minimum atomic E-state index is -0.563. The van der Waals surface area contributed by atoms with Crippen LogP contribution in [0.3, 0.4) is 0 Å². The topological polar surface area (TPSA) is 62.2 Å². The lowest BCUT2D eigenvalue weighted by atomic mass is 10.1. The van der Waals surface area contributed by atoms with Crippen molar-refractivity contribution in [3.05, 3.63) is 41.3 Å². The molecule has 1 aromatic heterocycles. The highest BCUT2D eigenvalue weighted by Gasteiger charge is 2.14. The van der Waals surface area contributed by atoms with Gasteiger partial charge in [-0.2, -0.15) is 0 Å². The van der Waals surface area contributed by atoms with Gasteiger partial charge in [-0.15, -0.1) is 0 Å². The maximum Gasteiger partial charge on any atom is 0.253 e. The number of fused-ring (bicyclic) bond motifs is 1. The average molecular weight is 304 g/mol. The highest BCUT2D eigenvalue weighted by Crippen LogP contribution is 2.17. The molecular formula is C17H21FN2O2. The van der Waals surface area contributed by atoms with Gasteiger partial charge in [0.05, 0.1) is 22.9 Å². The van der Waals surface area contributed by atoms with Crippen molar-refractivity contribution in [1.82, 2.24) is 10.3 Å². The molecule has 4 nitrogen and oxygen atoms in total. The van der Waals surface area contributed by atoms with E-state index in [1.54, 1.807) is 19.1 Å². The Kier molecular flexibility index (Phi) is 5.08. The van der Waals surface area contributed by atoms with Crippen molar-refractivity contribution >= 4 is 16.8 Å². The van der Waals surface area contributed by atoms with E-state index in [0.29, 0.717) is 34.5 Å². The molecule has 0 radical (unpaired) electrons. The Bertz CT molecular complexity index is 686. The Morgan fingerprint density at radius 1 is 1.36 bits per heavy atom. The van der Waals surface area contributed by atoms with Gasteiger partial charge in [0.25, 0.3) is 5.91 Å². The number of benzene rings is 1. The Morgan fingerprint density at radius 2 is 2.09 bits per heavy atom. The summed E-state index contributed by atoms with van der Waals surface area (Å²) in [5.41, 5.74) is 1.50. The summed E-state index contributed by atoms with van der Waals surface area (Å²) in [6.07, 6.45) is 0.0703. The molecule has 0 saturated carbocycles. The second-order valence-electron chi connectivity index (χ2n) is 5.95. The first-order valence-electron chi connectivity index (χ1n) is 7.40. The van der Waals surface area contributed by atoms with Crippen LogP contribution in [0.2, 0.25) is 0 Å². The quantitative estimate of drug-likeness (QED) is 0.893. The van der Waals surface area contributed by atoms with Gasteiger partial charge in [-0.3, -0.25) is 9.78 Å². The third-order valence-corrected chi connectivity index (χ3v) is 3.46. The molecule has 2 aromatic rings. The van der Waals surface area contributed by atoms with E-state index in [2.05, 4.69) is 10.3 Å². The first kappa shape index (κ1) is 16.4. The summed E-state index contributed by atoms with van der Waals surface area (Å²) in [5.74, 6) is -0.265. The first-order chi connectivity index (χ1) is 10.4. The minimum absolute atomic E-state index is 0.206. The molecule has 1 unspecified atom stereocenters. The fourth-order valence-electron chi connectivity index (χ4n) is 2.40. The Balaban J connectivity index is 2.14. The molecule has 1 atom stereocenters. The molecule has 1 heterocycles. The predicted molar refractivity (Wildman–Crippen MR) is 84.2 cm³/mol. The second-order valence-corrected chi connectivity index (χ2v) is 5.95. The number of aliphatic hydroxyl groups excluding tert-OH is 1. The van der Waals surface area contributed by atoms with Gasteiger partial charge in [0.2, 0.25) is 0 Å². The number of nitrogens with zero attached hydrogens (tertiary/aromatic N) is 1. The third kappa shape index (κ3) is 4.01. The number of aliphatic hydroxyl groups is 1. The van der Waals surface area contributed by atoms with E-state index in [-0.39, 0.29) is 18.3 Å². The van der Waals surface area contributed by atoms with Crippen LogP contribution in [-0.4, -0.2) is 28.6 Å². The highest BCUT2D eigenvalue weighted by molar-refractivity contribution is 5.98. The molecule has 0 fully saturated rings. The summed E-state index contributed by atoms with van der Waals surface area (Å²) in [4.78, 5) is 16.5. The fourth-order valence-corrected chi connectivity index (χ4v) is 2.40. The Hall–Kier alpha value is -2.01. The zero-order valence-corrected chi connectivity index (χ0v) is 13.1. The van der Waals surface area contributed by atoms with Crippen molar-refractivity contribution < 1.29 is 14.3 Å². The molecule has 0 aliphatic rings. The van der Waals surface area contributed by atoms with Crippen LogP contribution in [0.5, 0.6) is 0 Å². The number of hydrogen-bond donors (Lipinski definition) is 2. The lowest BCUT2D eigenvalue weighted by Gasteiger charge is -2.14. The van der Waals surface area contributed by atoms with Gasteiger partial charge >= 0.3 is 0 Å². The van der Waals surface area contributed by atoms with Gasteiger partial charge in [0.15, 0.2) is 0 Å². The van der Waals surface area contributed by atoms with Gasteiger partial charge in [-0.1, -0.05) is 13.8 Å². The SMILES string of the molecule is Cc1nc2cc(F)ccc2cc1C(=O)NCC(O)CC(C)C. The number of hydrogen-bond acceptors (Lipinski definition) is 3. The molecule has 5 heteroatoms. The number of nitrogens with one attached hydrogen (secondary N) is 1. The molecule has 0 spiro atoms. The molecule has 22 heavy (non-hydrogen) atoms. The zero-order chi connectivity index (χ0) is 16.3. The predicted octanol–water partition coefficient (Wildman–Crippen LogP) is 2.82. The number of carbonyl (C=O) groups excluding carboxylic acids is 1. The summed E-state index contributed by atoms with van der Waals surface area (Å²) in [7, 11) is 0. The standard InChI is InChI=1S/C17H21FN2O2/c1-10(2)6-14(21)9-19-17(22)15-7-12-4-5-13(18)8-16(12)20-11(15)3/h4-5,7-8,10,14,21H,6,9H2,1-3H3,(H,19,22). The zero-order valence-electron chi connectivity index (χ0n) is 13.1. The fraction of sp³-hybridized carbons (Fsp3) is 0.412. The van der Waals surface area contributed by atoms with Crippen LogP contribution in [0.4, 0.5) is 4.39 Å². The highest BCUT2D eigenvalue weighted by atomic mass is 19.1. The first-order valence-corrected chi connectivity index (χ1v) is 7.40. The van der Waals surface area contributed by atoms with E-state index < -0.39 is 6.10 Å². The average Bonchev–Trinajstić information content (AvgIpc) is 2.43. The molecule has 2 N–H and O–H groups in total. The Labute approximate surface area is 129 Å². The van der Waals surface area contributed by atoms with Crippen molar-refractivity contribution in [2.24, 2.45) is 5.92 Å². The van der Waals surface area contributed by atoms with Crippen molar-refractivity contribution in [1.29, 1.82) is 0 Å². The normalized spacial score (nSPS) is 12.6. The number of rotatable bonds is 5. The van der Waals surface area contributed by atoms with E-state index >= 15 is 0 Å². The molecule has 2 rings (SSSR count). The van der Waals surface area contributed by atoms with Crippen molar-refractivity contribution in [2.45, 2.75) is 33.3 Å². The summed E-state index contributed by atoms with van der Waals surface area (Å²) < 4.78 is 13.2. The number of aryl methyl sites for hydroxylation is 1. The number of pyridine rings is 1. The summed E-state index contributed by atoms with van der Waals surface area (Å²) in [6, 6.07) is 5.98. The number of aromatic nitrogens is 1. The molecule has 1 amide bonds.